The van der Waals surface area contributed by atoms with Crippen LogP contribution in [0.1, 0.15) is 32.8 Å². The van der Waals surface area contributed by atoms with Gasteiger partial charge in [0.1, 0.15) is 5.82 Å². The summed E-state index contributed by atoms with van der Waals surface area (Å²) in [5, 5.41) is 6.67. The molecule has 3 heteroatoms. The van der Waals surface area contributed by atoms with Crippen LogP contribution in [0.15, 0.2) is 18.3 Å². The first-order valence-corrected chi connectivity index (χ1v) is 5.64. The van der Waals surface area contributed by atoms with Crippen molar-refractivity contribution >= 4 is 5.82 Å². The average molecular weight is 207 g/mol. The molecule has 0 aliphatic carbocycles. The van der Waals surface area contributed by atoms with E-state index in [9.17, 15) is 0 Å². The van der Waals surface area contributed by atoms with E-state index < -0.39 is 0 Å². The van der Waals surface area contributed by atoms with Crippen LogP contribution >= 0.6 is 0 Å². The smallest absolute Gasteiger partial charge is 0.126 e. The van der Waals surface area contributed by atoms with Gasteiger partial charge in [-0.3, -0.25) is 0 Å². The van der Waals surface area contributed by atoms with E-state index in [1.807, 2.05) is 12.3 Å². The quantitative estimate of drug-likeness (QED) is 0.752. The molecule has 1 heterocycles. The van der Waals surface area contributed by atoms with Crippen molar-refractivity contribution in [1.82, 2.24) is 10.3 Å². The fraction of sp³-hybridized carbons (Fsp3) is 0.583. The second-order valence-corrected chi connectivity index (χ2v) is 4.01. The topological polar surface area (TPSA) is 37.0 Å². The first-order valence-electron chi connectivity index (χ1n) is 5.64. The van der Waals surface area contributed by atoms with Crippen molar-refractivity contribution in [2.24, 2.45) is 0 Å². The van der Waals surface area contributed by atoms with E-state index in [2.05, 4.69) is 42.5 Å². The predicted molar refractivity (Wildman–Crippen MR) is 65.0 cm³/mol. The Kier molecular flexibility index (Phi) is 5.12. The second kappa shape index (κ2) is 6.40. The van der Waals surface area contributed by atoms with Crippen molar-refractivity contribution in [3.63, 3.8) is 0 Å². The van der Waals surface area contributed by atoms with Gasteiger partial charge < -0.3 is 10.6 Å². The molecular weight excluding hydrogens is 186 g/mol. The van der Waals surface area contributed by atoms with Crippen molar-refractivity contribution in [2.75, 3.05) is 11.9 Å². The van der Waals surface area contributed by atoms with Crippen molar-refractivity contribution in [1.29, 1.82) is 0 Å². The molecule has 0 aliphatic heterocycles. The molecule has 1 aromatic heterocycles. The number of hydrogen-bond donors (Lipinski definition) is 2. The van der Waals surface area contributed by atoms with Gasteiger partial charge in [-0.1, -0.05) is 20.8 Å². The molecule has 0 fully saturated rings. The lowest BCUT2D eigenvalue weighted by Crippen LogP contribution is -2.21. The minimum absolute atomic E-state index is 0.519. The molecular formula is C12H21N3. The fourth-order valence-electron chi connectivity index (χ4n) is 1.26. The third-order valence-electron chi connectivity index (χ3n) is 2.09. The highest BCUT2D eigenvalue weighted by atomic mass is 15.0. The zero-order chi connectivity index (χ0) is 11.1. The summed E-state index contributed by atoms with van der Waals surface area (Å²) in [5.41, 5.74) is 1.28. The molecule has 0 bridgehead atoms. The maximum atomic E-state index is 4.27. The van der Waals surface area contributed by atoms with E-state index in [0.717, 1.165) is 25.3 Å². The van der Waals surface area contributed by atoms with Crippen LogP contribution in [0.5, 0.6) is 0 Å². The molecule has 15 heavy (non-hydrogen) atoms. The SMILES string of the molecule is CCCNc1cc(CNC(C)C)ccn1. The van der Waals surface area contributed by atoms with Gasteiger partial charge in [-0.05, 0) is 24.1 Å². The molecule has 0 atom stereocenters. The molecule has 0 saturated carbocycles. The molecule has 0 amide bonds. The van der Waals surface area contributed by atoms with Gasteiger partial charge in [-0.25, -0.2) is 4.98 Å². The molecule has 1 aromatic rings. The van der Waals surface area contributed by atoms with Gasteiger partial charge in [0, 0.05) is 25.3 Å². The molecule has 84 valence electrons. The first-order chi connectivity index (χ1) is 7.22. The van der Waals surface area contributed by atoms with Gasteiger partial charge in [0.25, 0.3) is 0 Å². The number of rotatable bonds is 6. The Hall–Kier alpha value is -1.09. The van der Waals surface area contributed by atoms with E-state index in [1.165, 1.54) is 5.56 Å². The molecule has 0 spiro atoms. The summed E-state index contributed by atoms with van der Waals surface area (Å²) in [6.07, 6.45) is 2.98. The third-order valence-corrected chi connectivity index (χ3v) is 2.09. The van der Waals surface area contributed by atoms with Crippen molar-refractivity contribution < 1.29 is 0 Å². The minimum atomic E-state index is 0.519. The second-order valence-electron chi connectivity index (χ2n) is 4.01. The number of aromatic nitrogens is 1. The van der Waals surface area contributed by atoms with Crippen LogP contribution in [0, 0.1) is 0 Å². The summed E-state index contributed by atoms with van der Waals surface area (Å²) < 4.78 is 0. The lowest BCUT2D eigenvalue weighted by molar-refractivity contribution is 0.588. The summed E-state index contributed by atoms with van der Waals surface area (Å²) in [7, 11) is 0. The first kappa shape index (κ1) is 12.0. The summed E-state index contributed by atoms with van der Waals surface area (Å²) in [4.78, 5) is 4.27. The van der Waals surface area contributed by atoms with Gasteiger partial charge in [0.15, 0.2) is 0 Å². The Morgan fingerprint density at radius 3 is 2.87 bits per heavy atom. The number of nitrogens with one attached hydrogen (secondary N) is 2. The van der Waals surface area contributed by atoms with Crippen LogP contribution in [-0.2, 0) is 6.54 Å². The van der Waals surface area contributed by atoms with Crippen LogP contribution in [0.25, 0.3) is 0 Å². The molecule has 0 aliphatic rings. The van der Waals surface area contributed by atoms with Crippen LogP contribution in [0.3, 0.4) is 0 Å². The van der Waals surface area contributed by atoms with E-state index in [0.29, 0.717) is 6.04 Å². The predicted octanol–water partition coefficient (Wildman–Crippen LogP) is 2.40. The maximum Gasteiger partial charge on any atom is 0.126 e. The average Bonchev–Trinajstić information content (AvgIpc) is 2.24. The largest absolute Gasteiger partial charge is 0.370 e. The molecule has 2 N–H and O–H groups in total. The highest BCUT2D eigenvalue weighted by molar-refractivity contribution is 5.37. The maximum absolute atomic E-state index is 4.27. The summed E-state index contributed by atoms with van der Waals surface area (Å²) in [6, 6.07) is 4.67. The molecule has 0 saturated heterocycles. The van der Waals surface area contributed by atoms with Gasteiger partial charge in [-0.2, -0.15) is 0 Å². The molecule has 0 aromatic carbocycles. The van der Waals surface area contributed by atoms with Gasteiger partial charge in [0.05, 0.1) is 0 Å². The number of pyridine rings is 1. The van der Waals surface area contributed by atoms with E-state index in [-0.39, 0.29) is 0 Å². The van der Waals surface area contributed by atoms with Crippen molar-refractivity contribution in [2.45, 2.75) is 39.8 Å². The zero-order valence-corrected chi connectivity index (χ0v) is 9.88. The third kappa shape index (κ3) is 4.79. The fourth-order valence-corrected chi connectivity index (χ4v) is 1.26. The molecule has 1 rings (SSSR count). The van der Waals surface area contributed by atoms with Crippen LogP contribution in [0.4, 0.5) is 5.82 Å². The number of anilines is 1. The lowest BCUT2D eigenvalue weighted by atomic mass is 10.2. The Bertz CT molecular complexity index is 284. The van der Waals surface area contributed by atoms with Crippen LogP contribution in [0.2, 0.25) is 0 Å². The highest BCUT2D eigenvalue weighted by Gasteiger charge is 1.97. The Labute approximate surface area is 92.3 Å². The number of nitrogens with zero attached hydrogens (tertiary/aromatic N) is 1. The summed E-state index contributed by atoms with van der Waals surface area (Å²) >= 11 is 0. The van der Waals surface area contributed by atoms with Gasteiger partial charge in [-0.15, -0.1) is 0 Å². The lowest BCUT2D eigenvalue weighted by Gasteiger charge is -2.09. The standard InChI is InChI=1S/C12H21N3/c1-4-6-13-12-8-11(5-7-14-12)9-15-10(2)3/h5,7-8,10,15H,4,6,9H2,1-3H3,(H,13,14). The Morgan fingerprint density at radius 2 is 2.20 bits per heavy atom. The summed E-state index contributed by atoms with van der Waals surface area (Å²) in [6.45, 7) is 8.33. The van der Waals surface area contributed by atoms with Crippen LogP contribution in [-0.4, -0.2) is 17.6 Å². The van der Waals surface area contributed by atoms with Crippen LogP contribution < -0.4 is 10.6 Å². The highest BCUT2D eigenvalue weighted by Crippen LogP contribution is 2.06. The van der Waals surface area contributed by atoms with Gasteiger partial charge in [0.2, 0.25) is 0 Å². The van der Waals surface area contributed by atoms with E-state index in [1.54, 1.807) is 0 Å². The zero-order valence-electron chi connectivity index (χ0n) is 9.88. The Morgan fingerprint density at radius 1 is 1.40 bits per heavy atom. The summed E-state index contributed by atoms with van der Waals surface area (Å²) in [5.74, 6) is 0.972. The minimum Gasteiger partial charge on any atom is -0.370 e. The molecule has 3 nitrogen and oxygen atoms in total. The van der Waals surface area contributed by atoms with Crippen molar-refractivity contribution in [3.05, 3.63) is 23.9 Å². The van der Waals surface area contributed by atoms with Gasteiger partial charge >= 0.3 is 0 Å². The van der Waals surface area contributed by atoms with E-state index >= 15 is 0 Å². The normalized spacial score (nSPS) is 10.7. The molecule has 0 unspecified atom stereocenters. The Balaban J connectivity index is 2.50. The molecule has 0 radical (unpaired) electrons. The van der Waals surface area contributed by atoms with E-state index in [4.69, 9.17) is 0 Å². The monoisotopic (exact) mass is 207 g/mol. The van der Waals surface area contributed by atoms with Crippen molar-refractivity contribution in [3.8, 4) is 0 Å². The number of hydrogen-bond acceptors (Lipinski definition) is 3.